The number of piperazine rings is 1. The van der Waals surface area contributed by atoms with Crippen molar-refractivity contribution in [2.45, 2.75) is 20.0 Å². The smallest absolute Gasteiger partial charge is 0.335 e. The zero-order chi connectivity index (χ0) is 23.9. The minimum absolute atomic E-state index is 0.176. The van der Waals surface area contributed by atoms with E-state index in [1.807, 2.05) is 18.2 Å². The van der Waals surface area contributed by atoms with Gasteiger partial charge in [0, 0.05) is 44.0 Å². The molecule has 3 aromatic rings. The van der Waals surface area contributed by atoms with Gasteiger partial charge in [-0.2, -0.15) is 0 Å². The van der Waals surface area contributed by atoms with Crippen LogP contribution >= 0.6 is 0 Å². The highest BCUT2D eigenvalue weighted by Gasteiger charge is 2.21. The summed E-state index contributed by atoms with van der Waals surface area (Å²) in [4.78, 5) is 20.6. The van der Waals surface area contributed by atoms with Crippen molar-refractivity contribution in [2.24, 2.45) is 4.99 Å². The van der Waals surface area contributed by atoms with E-state index in [4.69, 9.17) is 4.99 Å². The molecule has 0 spiro atoms. The molecule has 0 unspecified atom stereocenters. The molecule has 0 atom stereocenters. The third kappa shape index (κ3) is 6.20. The van der Waals surface area contributed by atoms with Crippen molar-refractivity contribution in [1.29, 1.82) is 0 Å². The third-order valence-electron chi connectivity index (χ3n) is 5.92. The van der Waals surface area contributed by atoms with Crippen LogP contribution in [0, 0.1) is 12.7 Å². The molecule has 4 rings (SSSR count). The van der Waals surface area contributed by atoms with Crippen molar-refractivity contribution in [2.75, 3.05) is 31.5 Å². The van der Waals surface area contributed by atoms with Crippen LogP contribution in [0.5, 0.6) is 0 Å². The molecule has 0 aliphatic carbocycles. The monoisotopic (exact) mass is 460 g/mol. The van der Waals surface area contributed by atoms with Gasteiger partial charge in [-0.15, -0.1) is 0 Å². The molecule has 0 amide bonds. The van der Waals surface area contributed by atoms with E-state index in [9.17, 15) is 14.3 Å². The predicted molar refractivity (Wildman–Crippen MR) is 133 cm³/mol. The zero-order valence-corrected chi connectivity index (χ0v) is 19.2. The Balaban J connectivity index is 1.48. The maximum absolute atomic E-state index is 14.1. The number of nitrogens with one attached hydrogen (secondary N) is 1. The summed E-state index contributed by atoms with van der Waals surface area (Å²) in [5.41, 5.74) is 3.90. The maximum Gasteiger partial charge on any atom is 0.335 e. The first-order valence-corrected chi connectivity index (χ1v) is 11.4. The van der Waals surface area contributed by atoms with Gasteiger partial charge in [0.05, 0.1) is 12.1 Å². The van der Waals surface area contributed by atoms with Gasteiger partial charge >= 0.3 is 5.97 Å². The molecule has 2 N–H and O–H groups in total. The van der Waals surface area contributed by atoms with Crippen molar-refractivity contribution >= 4 is 17.6 Å². The Kier molecular flexibility index (Phi) is 7.54. The lowest BCUT2D eigenvalue weighted by Gasteiger charge is -2.36. The van der Waals surface area contributed by atoms with Gasteiger partial charge in [0.15, 0.2) is 5.96 Å². The number of aryl methyl sites for hydroxylation is 1. The highest BCUT2D eigenvalue weighted by atomic mass is 19.1. The Bertz CT molecular complexity index is 1160. The van der Waals surface area contributed by atoms with Gasteiger partial charge in [-0.25, -0.2) is 14.2 Å². The van der Waals surface area contributed by atoms with Gasteiger partial charge in [0.1, 0.15) is 5.82 Å². The minimum atomic E-state index is -0.969. The molecule has 1 heterocycles. The van der Waals surface area contributed by atoms with Crippen LogP contribution in [-0.2, 0) is 13.1 Å². The molecule has 176 valence electrons. The summed E-state index contributed by atoms with van der Waals surface area (Å²) in [6.45, 7) is 6.14. The van der Waals surface area contributed by atoms with Crippen LogP contribution in [0.1, 0.15) is 27.0 Å². The third-order valence-corrected chi connectivity index (χ3v) is 5.92. The Hall–Kier alpha value is -3.71. The van der Waals surface area contributed by atoms with Crippen molar-refractivity contribution in [3.05, 3.63) is 101 Å². The second kappa shape index (κ2) is 10.9. The summed E-state index contributed by atoms with van der Waals surface area (Å²) < 4.78 is 14.1. The second-order valence-electron chi connectivity index (χ2n) is 8.49. The van der Waals surface area contributed by atoms with Gasteiger partial charge in [-0.3, -0.25) is 4.90 Å². The van der Waals surface area contributed by atoms with E-state index < -0.39 is 5.97 Å². The molecule has 0 saturated carbocycles. The largest absolute Gasteiger partial charge is 0.478 e. The number of carboxylic acid groups (broad SMARTS) is 1. The molecule has 7 heteroatoms. The lowest BCUT2D eigenvalue weighted by Crippen LogP contribution is -2.50. The van der Waals surface area contributed by atoms with E-state index in [0.29, 0.717) is 30.3 Å². The highest BCUT2D eigenvalue weighted by Crippen LogP contribution is 2.16. The summed E-state index contributed by atoms with van der Waals surface area (Å²) in [5.74, 6) is -0.442. The van der Waals surface area contributed by atoms with Crippen LogP contribution in [0.3, 0.4) is 0 Å². The Labute approximate surface area is 199 Å². The van der Waals surface area contributed by atoms with Crippen molar-refractivity contribution < 1.29 is 14.3 Å². The minimum Gasteiger partial charge on any atom is -0.478 e. The number of halogens is 1. The Morgan fingerprint density at radius 2 is 1.74 bits per heavy atom. The average molecular weight is 461 g/mol. The molecule has 0 radical (unpaired) electrons. The molecule has 34 heavy (non-hydrogen) atoms. The number of carbonyl (C=O) groups is 1. The SMILES string of the molecule is Cc1ccc(CN=C(Nc2cccc(C(=O)O)c2)N2CCN(Cc3ccccc3F)CC2)cc1. The van der Waals surface area contributed by atoms with Crippen LogP contribution in [0.4, 0.5) is 10.1 Å². The van der Waals surface area contributed by atoms with Crippen LogP contribution in [0.25, 0.3) is 0 Å². The zero-order valence-electron chi connectivity index (χ0n) is 19.2. The Morgan fingerprint density at radius 1 is 1.00 bits per heavy atom. The number of aliphatic imine (C=N–C) groups is 1. The van der Waals surface area contributed by atoms with E-state index in [-0.39, 0.29) is 11.4 Å². The summed E-state index contributed by atoms with van der Waals surface area (Å²) in [5, 5.41) is 12.7. The Morgan fingerprint density at radius 3 is 2.44 bits per heavy atom. The fraction of sp³-hybridized carbons (Fsp3) is 0.259. The molecule has 1 fully saturated rings. The normalized spacial score (nSPS) is 14.8. The number of hydrogen-bond acceptors (Lipinski definition) is 3. The summed E-state index contributed by atoms with van der Waals surface area (Å²) in [6.07, 6.45) is 0. The summed E-state index contributed by atoms with van der Waals surface area (Å²) in [7, 11) is 0. The van der Waals surface area contributed by atoms with Gasteiger partial charge in [-0.05, 0) is 36.8 Å². The van der Waals surface area contributed by atoms with E-state index in [1.54, 1.807) is 24.3 Å². The standard InChI is InChI=1S/C27H29FN4O2/c1-20-9-11-21(12-10-20)18-29-27(30-24-7-4-6-22(17-24)26(33)34)32-15-13-31(14-16-32)19-23-5-2-3-8-25(23)28/h2-12,17H,13-16,18-19H2,1H3,(H,29,30)(H,33,34). The molecule has 1 saturated heterocycles. The average Bonchev–Trinajstić information content (AvgIpc) is 2.85. The molecule has 1 aliphatic rings. The number of guanidine groups is 1. The van der Waals surface area contributed by atoms with Crippen molar-refractivity contribution in [3.63, 3.8) is 0 Å². The number of hydrogen-bond donors (Lipinski definition) is 2. The highest BCUT2D eigenvalue weighted by molar-refractivity contribution is 5.95. The number of aromatic carboxylic acids is 1. The summed E-state index contributed by atoms with van der Waals surface area (Å²) in [6, 6.07) is 21.9. The topological polar surface area (TPSA) is 68.2 Å². The van der Waals surface area contributed by atoms with E-state index >= 15 is 0 Å². The predicted octanol–water partition coefficient (Wildman–Crippen LogP) is 4.62. The quantitative estimate of drug-likeness (QED) is 0.415. The lowest BCUT2D eigenvalue weighted by molar-refractivity contribution is 0.0697. The van der Waals surface area contributed by atoms with Gasteiger partial charge < -0.3 is 15.3 Å². The molecular weight excluding hydrogens is 431 g/mol. The molecule has 0 bridgehead atoms. The van der Waals surface area contributed by atoms with Crippen molar-refractivity contribution in [1.82, 2.24) is 9.80 Å². The van der Waals surface area contributed by atoms with E-state index in [0.717, 1.165) is 31.7 Å². The molecule has 3 aromatic carbocycles. The van der Waals surface area contributed by atoms with E-state index in [1.165, 1.54) is 11.6 Å². The number of nitrogens with zero attached hydrogens (tertiary/aromatic N) is 3. The first-order valence-electron chi connectivity index (χ1n) is 11.4. The number of anilines is 1. The first-order chi connectivity index (χ1) is 16.5. The second-order valence-corrected chi connectivity index (χ2v) is 8.49. The fourth-order valence-electron chi connectivity index (χ4n) is 3.92. The van der Waals surface area contributed by atoms with Crippen LogP contribution in [0.15, 0.2) is 77.8 Å². The molecular formula is C27H29FN4O2. The van der Waals surface area contributed by atoms with E-state index in [2.05, 4.69) is 46.3 Å². The van der Waals surface area contributed by atoms with Gasteiger partial charge in [-0.1, -0.05) is 54.1 Å². The lowest BCUT2D eigenvalue weighted by atomic mass is 10.1. The molecule has 1 aliphatic heterocycles. The summed E-state index contributed by atoms with van der Waals surface area (Å²) >= 11 is 0. The van der Waals surface area contributed by atoms with Crippen LogP contribution in [0.2, 0.25) is 0 Å². The van der Waals surface area contributed by atoms with Gasteiger partial charge in [0.25, 0.3) is 0 Å². The number of benzene rings is 3. The van der Waals surface area contributed by atoms with Crippen LogP contribution < -0.4 is 5.32 Å². The van der Waals surface area contributed by atoms with Gasteiger partial charge in [0.2, 0.25) is 0 Å². The molecule has 6 nitrogen and oxygen atoms in total. The maximum atomic E-state index is 14.1. The number of carboxylic acids is 1. The van der Waals surface area contributed by atoms with Crippen LogP contribution in [-0.4, -0.2) is 53.0 Å². The first kappa shape index (κ1) is 23.4. The molecule has 0 aromatic heterocycles. The fourth-order valence-corrected chi connectivity index (χ4v) is 3.92. The number of rotatable bonds is 6. The van der Waals surface area contributed by atoms with Crippen molar-refractivity contribution in [3.8, 4) is 0 Å².